The van der Waals surface area contributed by atoms with E-state index < -0.39 is 96.4 Å². The zero-order valence-electron chi connectivity index (χ0n) is 31.4. The van der Waals surface area contributed by atoms with Crippen LogP contribution in [0.1, 0.15) is 52.0 Å². The van der Waals surface area contributed by atoms with Gasteiger partial charge in [0.15, 0.2) is 0 Å². The van der Waals surface area contributed by atoms with Crippen LogP contribution in [0.4, 0.5) is 0 Å². The molecule has 306 valence electrons. The Morgan fingerprint density at radius 2 is 1.45 bits per heavy atom. The molecule has 8 atom stereocenters. The molecular formula is C36H51N9O10S. The Morgan fingerprint density at radius 3 is 2.04 bits per heavy atom. The molecule has 0 bridgehead atoms. The fourth-order valence-electron chi connectivity index (χ4n) is 6.90. The summed E-state index contributed by atoms with van der Waals surface area (Å²) < 4.78 is 0. The van der Waals surface area contributed by atoms with Gasteiger partial charge in [-0.25, -0.2) is 0 Å². The van der Waals surface area contributed by atoms with E-state index in [1.165, 1.54) is 30.6 Å². The summed E-state index contributed by atoms with van der Waals surface area (Å²) in [5.74, 6) is -5.85. The molecule has 8 amide bonds. The van der Waals surface area contributed by atoms with Crippen LogP contribution in [0.25, 0.3) is 10.9 Å². The van der Waals surface area contributed by atoms with E-state index in [0.717, 1.165) is 10.9 Å². The van der Waals surface area contributed by atoms with E-state index in [2.05, 4.69) is 44.2 Å². The van der Waals surface area contributed by atoms with Gasteiger partial charge in [0.1, 0.15) is 42.3 Å². The lowest BCUT2D eigenvalue weighted by atomic mass is 10.0. The zero-order valence-corrected chi connectivity index (χ0v) is 32.3. The molecule has 2 saturated heterocycles. The highest BCUT2D eigenvalue weighted by Gasteiger charge is 2.41. The number of rotatable bonds is 17. The maximum Gasteiger partial charge on any atom is 0.248 e. The number of benzene rings is 1. The fourth-order valence-corrected chi connectivity index (χ4v) is 7.17. The normalized spacial score (nSPS) is 19.9. The van der Waals surface area contributed by atoms with E-state index in [0.29, 0.717) is 31.4 Å². The molecule has 2 aliphatic rings. The van der Waals surface area contributed by atoms with Crippen LogP contribution < -0.4 is 32.3 Å². The van der Waals surface area contributed by atoms with Gasteiger partial charge in [-0.2, -0.15) is 12.6 Å². The molecule has 4 rings (SSSR count). The van der Waals surface area contributed by atoms with Crippen molar-refractivity contribution in [1.82, 2.24) is 41.4 Å². The van der Waals surface area contributed by atoms with Gasteiger partial charge in [0.2, 0.25) is 47.3 Å². The van der Waals surface area contributed by atoms with Crippen molar-refractivity contribution < 1.29 is 48.6 Å². The van der Waals surface area contributed by atoms with Crippen molar-refractivity contribution in [2.75, 3.05) is 25.4 Å². The summed E-state index contributed by atoms with van der Waals surface area (Å²) in [5.41, 5.74) is 6.69. The number of fused-ring (bicyclic) bond motifs is 1. The largest absolute Gasteiger partial charge is 0.394 e. The average molecular weight is 802 g/mol. The van der Waals surface area contributed by atoms with Gasteiger partial charge in [0.25, 0.3) is 0 Å². The van der Waals surface area contributed by atoms with Crippen molar-refractivity contribution in [2.24, 2.45) is 5.73 Å². The van der Waals surface area contributed by atoms with Crippen LogP contribution in [0.3, 0.4) is 0 Å². The molecule has 10 N–H and O–H groups in total. The van der Waals surface area contributed by atoms with E-state index in [-0.39, 0.29) is 31.0 Å². The molecule has 3 heterocycles. The Hall–Kier alpha value is -5.21. The minimum Gasteiger partial charge on any atom is -0.394 e. The van der Waals surface area contributed by atoms with Gasteiger partial charge in [-0.3, -0.25) is 38.4 Å². The third-order valence-corrected chi connectivity index (χ3v) is 10.3. The van der Waals surface area contributed by atoms with E-state index >= 15 is 0 Å². The monoisotopic (exact) mass is 801 g/mol. The van der Waals surface area contributed by atoms with E-state index in [4.69, 9.17) is 5.73 Å². The number of carbonyl (C=O) groups is 8. The summed E-state index contributed by atoms with van der Waals surface area (Å²) in [7, 11) is 0. The van der Waals surface area contributed by atoms with Gasteiger partial charge in [-0.15, -0.1) is 0 Å². The number of thiol groups is 1. The summed E-state index contributed by atoms with van der Waals surface area (Å²) >= 11 is 3.98. The van der Waals surface area contributed by atoms with Crippen molar-refractivity contribution in [2.45, 2.75) is 101 Å². The van der Waals surface area contributed by atoms with Gasteiger partial charge < -0.3 is 57.3 Å². The fraction of sp³-hybridized carbons (Fsp3) is 0.556. The number of H-pyrrole nitrogens is 1. The first-order valence-electron chi connectivity index (χ1n) is 18.4. The molecule has 0 aliphatic carbocycles. The number of primary amides is 1. The van der Waals surface area contributed by atoms with Gasteiger partial charge in [-0.05, 0) is 51.2 Å². The summed E-state index contributed by atoms with van der Waals surface area (Å²) in [6.45, 7) is 3.69. The Balaban J connectivity index is 1.49. The smallest absolute Gasteiger partial charge is 0.248 e. The molecule has 2 aliphatic heterocycles. The van der Waals surface area contributed by atoms with Gasteiger partial charge in [0.05, 0.1) is 12.7 Å². The number of hydrogen-bond acceptors (Lipinski definition) is 11. The Morgan fingerprint density at radius 1 is 0.839 bits per heavy atom. The van der Waals surface area contributed by atoms with Crippen LogP contribution in [0.15, 0.2) is 30.5 Å². The SMILES string of the molecule is CC(=O)N1CCC[C@H]1C(=O)N[C@@H](CO)C(=O)N1CCC[C@H]1C(=O)N[C@@H](Cc1c[nH]c2ccccc12)C(=O)N[C@@H](C)C(=O)N[C@H](C(=O)N[C@@H](CS)C(N)=O)[C@@H](C)O. The Bertz CT molecular complexity index is 1800. The number of amides is 8. The number of likely N-dealkylation sites (tertiary alicyclic amines) is 2. The lowest BCUT2D eigenvalue weighted by molar-refractivity contribution is -0.144. The van der Waals surface area contributed by atoms with Crippen molar-refractivity contribution in [3.8, 4) is 0 Å². The van der Waals surface area contributed by atoms with Crippen LogP contribution in [0.2, 0.25) is 0 Å². The Kier molecular flexibility index (Phi) is 15.2. The molecule has 0 unspecified atom stereocenters. The third kappa shape index (κ3) is 10.5. The summed E-state index contributed by atoms with van der Waals surface area (Å²) in [4.78, 5) is 110. The topological polar surface area (TPSA) is 285 Å². The van der Waals surface area contributed by atoms with Gasteiger partial charge in [-0.1, -0.05) is 18.2 Å². The number of aliphatic hydroxyl groups is 2. The van der Waals surface area contributed by atoms with Crippen LogP contribution in [0.5, 0.6) is 0 Å². The molecule has 0 radical (unpaired) electrons. The van der Waals surface area contributed by atoms with E-state index in [1.54, 1.807) is 12.3 Å². The van der Waals surface area contributed by atoms with E-state index in [9.17, 15) is 48.6 Å². The molecule has 56 heavy (non-hydrogen) atoms. The third-order valence-electron chi connectivity index (χ3n) is 9.98. The second-order valence-corrected chi connectivity index (χ2v) is 14.4. The molecular weight excluding hydrogens is 751 g/mol. The van der Waals surface area contributed by atoms with E-state index in [1.807, 2.05) is 18.2 Å². The van der Waals surface area contributed by atoms with Crippen molar-refractivity contribution in [3.05, 3.63) is 36.0 Å². The minimum atomic E-state index is -1.53. The van der Waals surface area contributed by atoms with Crippen LogP contribution in [-0.2, 0) is 44.8 Å². The average Bonchev–Trinajstić information content (AvgIpc) is 3.94. The summed E-state index contributed by atoms with van der Waals surface area (Å²) in [5, 5.41) is 33.6. The number of aromatic nitrogens is 1. The molecule has 1 aromatic heterocycles. The zero-order chi connectivity index (χ0) is 41.3. The highest BCUT2D eigenvalue weighted by Crippen LogP contribution is 2.22. The standard InChI is InChI=1S/C36H51N9O10S/c1-18(31(50)43-29(19(2)47)35(54)42-26(17-56)30(37)49)39-32(51)24(14-21-15-38-23-9-5-4-8-22(21)23)40-34(53)28-11-7-13-45(28)36(55)25(16-46)41-33(52)27-10-6-12-44(27)20(3)48/h4-5,8-9,15,18-19,24-29,38,46-47,56H,6-7,10-14,16-17H2,1-3H3,(H2,37,49)(H,39,51)(H,40,53)(H,41,52)(H,42,54)(H,43,50)/t18-,19+,24-,25-,26-,27-,28-,29-/m0/s1. The molecule has 0 spiro atoms. The lowest BCUT2D eigenvalue weighted by Gasteiger charge is -2.30. The lowest BCUT2D eigenvalue weighted by Crippen LogP contribution is -2.61. The van der Waals surface area contributed by atoms with Crippen molar-refractivity contribution >= 4 is 70.8 Å². The van der Waals surface area contributed by atoms with Crippen LogP contribution in [-0.4, -0.2) is 146 Å². The maximum absolute atomic E-state index is 13.9. The molecule has 19 nitrogen and oxygen atoms in total. The number of nitrogens with two attached hydrogens (primary N) is 1. The number of carbonyl (C=O) groups excluding carboxylic acids is 8. The predicted molar refractivity (Wildman–Crippen MR) is 204 cm³/mol. The summed E-state index contributed by atoms with van der Waals surface area (Å²) in [6.07, 6.45) is 1.86. The second-order valence-electron chi connectivity index (χ2n) is 14.0. The predicted octanol–water partition coefficient (Wildman–Crippen LogP) is -3.06. The number of nitrogens with one attached hydrogen (secondary N) is 6. The molecule has 2 aromatic rings. The first-order valence-corrected chi connectivity index (χ1v) is 19.0. The molecule has 0 saturated carbocycles. The van der Waals surface area contributed by atoms with Crippen LogP contribution >= 0.6 is 12.6 Å². The van der Waals surface area contributed by atoms with Crippen molar-refractivity contribution in [1.29, 1.82) is 0 Å². The number of aromatic amines is 1. The van der Waals surface area contributed by atoms with Crippen LogP contribution in [0, 0.1) is 0 Å². The van der Waals surface area contributed by atoms with Crippen molar-refractivity contribution in [3.63, 3.8) is 0 Å². The first kappa shape index (κ1) is 43.5. The second kappa shape index (κ2) is 19.6. The van der Waals surface area contributed by atoms with Gasteiger partial charge >= 0.3 is 0 Å². The van der Waals surface area contributed by atoms with Gasteiger partial charge in [0, 0.05) is 49.3 Å². The molecule has 20 heteroatoms. The Labute approximate surface area is 328 Å². The molecule has 1 aromatic carbocycles. The summed E-state index contributed by atoms with van der Waals surface area (Å²) in [6, 6.07) is -1.25. The highest BCUT2D eigenvalue weighted by molar-refractivity contribution is 7.80. The number of para-hydroxylation sites is 1. The quantitative estimate of drug-likeness (QED) is 0.0722. The number of aliphatic hydroxyl groups excluding tert-OH is 2. The molecule has 2 fully saturated rings. The minimum absolute atomic E-state index is 0.0448. The number of hydrogen-bond donors (Lipinski definition) is 10. The first-order chi connectivity index (χ1) is 26.6. The maximum atomic E-state index is 13.9. The number of nitrogens with zero attached hydrogens (tertiary/aromatic N) is 2. The highest BCUT2D eigenvalue weighted by atomic mass is 32.1.